The molecule has 100 valence electrons. The molecule has 2 aliphatic rings. The maximum absolute atomic E-state index is 12.0. The van der Waals surface area contributed by atoms with Gasteiger partial charge in [0.2, 0.25) is 0 Å². The van der Waals surface area contributed by atoms with E-state index in [4.69, 9.17) is 9.57 Å². The van der Waals surface area contributed by atoms with Crippen LogP contribution < -0.4 is 0 Å². The monoisotopic (exact) mass is 261 g/mol. The summed E-state index contributed by atoms with van der Waals surface area (Å²) >= 11 is 0. The van der Waals surface area contributed by atoms with Crippen molar-refractivity contribution >= 4 is 11.8 Å². The summed E-state index contributed by atoms with van der Waals surface area (Å²) in [6.07, 6.45) is 1.81. The van der Waals surface area contributed by atoms with E-state index in [0.29, 0.717) is 23.7 Å². The van der Waals surface area contributed by atoms with Gasteiger partial charge < -0.3 is 4.74 Å². The Morgan fingerprint density at radius 3 is 2.26 bits per heavy atom. The first kappa shape index (κ1) is 12.3. The van der Waals surface area contributed by atoms with Crippen LogP contribution in [0.15, 0.2) is 24.3 Å². The van der Waals surface area contributed by atoms with Crippen LogP contribution in [-0.2, 0) is 9.57 Å². The third kappa shape index (κ3) is 2.27. The minimum atomic E-state index is -0.368. The number of benzene rings is 1. The second kappa shape index (κ2) is 5.11. The van der Waals surface area contributed by atoms with Crippen LogP contribution >= 0.6 is 0 Å². The summed E-state index contributed by atoms with van der Waals surface area (Å²) in [5, 5.41) is 0.889. The van der Waals surface area contributed by atoms with E-state index in [-0.39, 0.29) is 11.8 Å². The average molecular weight is 261 g/mol. The van der Waals surface area contributed by atoms with Crippen molar-refractivity contribution in [3.05, 3.63) is 35.4 Å². The van der Waals surface area contributed by atoms with Gasteiger partial charge in [0.1, 0.15) is 0 Å². The molecule has 2 heterocycles. The van der Waals surface area contributed by atoms with Gasteiger partial charge in [0, 0.05) is 13.2 Å². The Kier molecular flexibility index (Phi) is 3.31. The fraction of sp³-hybridized carbons (Fsp3) is 0.429. The molecule has 0 saturated carbocycles. The largest absolute Gasteiger partial charge is 0.381 e. The first-order chi connectivity index (χ1) is 9.27. The van der Waals surface area contributed by atoms with Crippen LogP contribution in [0.25, 0.3) is 0 Å². The molecule has 1 aromatic rings. The zero-order valence-corrected chi connectivity index (χ0v) is 10.5. The Balaban J connectivity index is 1.67. The lowest BCUT2D eigenvalue weighted by molar-refractivity contribution is -0.112. The van der Waals surface area contributed by atoms with E-state index in [0.717, 1.165) is 31.1 Å². The van der Waals surface area contributed by atoms with Gasteiger partial charge in [-0.15, -0.1) is 5.06 Å². The smallest absolute Gasteiger partial charge is 0.285 e. The van der Waals surface area contributed by atoms with Gasteiger partial charge in [0.25, 0.3) is 11.8 Å². The Morgan fingerprint density at radius 2 is 1.68 bits per heavy atom. The zero-order chi connectivity index (χ0) is 13.2. The third-order valence-corrected chi connectivity index (χ3v) is 3.54. The van der Waals surface area contributed by atoms with Gasteiger partial charge in [-0.1, -0.05) is 12.1 Å². The Labute approximate surface area is 111 Å². The van der Waals surface area contributed by atoms with E-state index in [1.54, 1.807) is 24.3 Å². The van der Waals surface area contributed by atoms with Crippen LogP contribution in [0.2, 0.25) is 0 Å². The number of hydroxylamine groups is 2. The SMILES string of the molecule is O=C1c2ccccc2C(=O)N1OCC1CCOCC1. The summed E-state index contributed by atoms with van der Waals surface area (Å²) in [6, 6.07) is 6.78. The molecule has 0 atom stereocenters. The fourth-order valence-corrected chi connectivity index (χ4v) is 2.38. The number of ether oxygens (including phenoxy) is 1. The molecule has 2 amide bonds. The maximum Gasteiger partial charge on any atom is 0.285 e. The highest BCUT2D eigenvalue weighted by molar-refractivity contribution is 6.20. The number of amides is 2. The van der Waals surface area contributed by atoms with Crippen molar-refractivity contribution in [1.29, 1.82) is 0 Å². The molecular weight excluding hydrogens is 246 g/mol. The summed E-state index contributed by atoms with van der Waals surface area (Å²) in [7, 11) is 0. The summed E-state index contributed by atoms with van der Waals surface area (Å²) in [5.41, 5.74) is 0.832. The Hall–Kier alpha value is -1.72. The van der Waals surface area contributed by atoms with Gasteiger partial charge in [-0.05, 0) is 30.9 Å². The topological polar surface area (TPSA) is 55.8 Å². The highest BCUT2D eigenvalue weighted by Crippen LogP contribution is 2.24. The number of imide groups is 1. The van der Waals surface area contributed by atoms with Crippen LogP contribution in [0.1, 0.15) is 33.6 Å². The highest BCUT2D eigenvalue weighted by atomic mass is 16.7. The molecule has 0 aliphatic carbocycles. The van der Waals surface area contributed by atoms with Gasteiger partial charge in [-0.3, -0.25) is 14.4 Å². The first-order valence-electron chi connectivity index (χ1n) is 6.46. The quantitative estimate of drug-likeness (QED) is 0.776. The summed E-state index contributed by atoms with van der Waals surface area (Å²) in [4.78, 5) is 29.5. The first-order valence-corrected chi connectivity index (χ1v) is 6.46. The van der Waals surface area contributed by atoms with Crippen LogP contribution in [-0.4, -0.2) is 36.7 Å². The van der Waals surface area contributed by atoms with Crippen LogP contribution in [0.5, 0.6) is 0 Å². The molecule has 0 unspecified atom stereocenters. The molecule has 2 aliphatic heterocycles. The van der Waals surface area contributed by atoms with E-state index in [1.165, 1.54) is 0 Å². The molecule has 3 rings (SSSR count). The zero-order valence-electron chi connectivity index (χ0n) is 10.5. The molecule has 0 bridgehead atoms. The van der Waals surface area contributed by atoms with Gasteiger partial charge >= 0.3 is 0 Å². The normalized spacial score (nSPS) is 19.9. The molecule has 0 N–H and O–H groups in total. The molecular formula is C14H15NO4. The van der Waals surface area contributed by atoms with E-state index in [1.807, 2.05) is 0 Å². The van der Waals surface area contributed by atoms with Crippen LogP contribution in [0.4, 0.5) is 0 Å². The van der Waals surface area contributed by atoms with Crippen molar-refractivity contribution in [2.75, 3.05) is 19.8 Å². The van der Waals surface area contributed by atoms with Crippen molar-refractivity contribution in [3.8, 4) is 0 Å². The molecule has 19 heavy (non-hydrogen) atoms. The molecule has 1 fully saturated rings. The minimum Gasteiger partial charge on any atom is -0.381 e. The summed E-state index contributed by atoms with van der Waals surface area (Å²) in [5.74, 6) is -0.390. The lowest BCUT2D eigenvalue weighted by atomic mass is 10.0. The van der Waals surface area contributed by atoms with Gasteiger partial charge in [-0.25, -0.2) is 0 Å². The summed E-state index contributed by atoms with van der Waals surface area (Å²) < 4.78 is 5.26. The third-order valence-electron chi connectivity index (χ3n) is 3.54. The second-order valence-corrected chi connectivity index (χ2v) is 4.80. The molecule has 0 aromatic heterocycles. The fourth-order valence-electron chi connectivity index (χ4n) is 2.38. The number of carbonyl (C=O) groups excluding carboxylic acids is 2. The molecule has 1 saturated heterocycles. The van der Waals surface area contributed by atoms with Crippen molar-refractivity contribution in [1.82, 2.24) is 5.06 Å². The minimum absolute atomic E-state index is 0.345. The maximum atomic E-state index is 12.0. The van der Waals surface area contributed by atoms with Crippen molar-refractivity contribution < 1.29 is 19.2 Å². The van der Waals surface area contributed by atoms with Crippen molar-refractivity contribution in [2.45, 2.75) is 12.8 Å². The number of fused-ring (bicyclic) bond motifs is 1. The molecule has 5 heteroatoms. The van der Waals surface area contributed by atoms with E-state index < -0.39 is 0 Å². The van der Waals surface area contributed by atoms with E-state index in [9.17, 15) is 9.59 Å². The van der Waals surface area contributed by atoms with Crippen LogP contribution in [0, 0.1) is 5.92 Å². The lowest BCUT2D eigenvalue weighted by Crippen LogP contribution is -2.33. The average Bonchev–Trinajstić information content (AvgIpc) is 2.71. The number of carbonyl (C=O) groups is 2. The molecule has 1 aromatic carbocycles. The number of rotatable bonds is 3. The molecule has 0 spiro atoms. The summed E-state index contributed by atoms with van der Waals surface area (Å²) in [6.45, 7) is 1.82. The Morgan fingerprint density at radius 1 is 1.11 bits per heavy atom. The number of hydrogen-bond acceptors (Lipinski definition) is 4. The highest BCUT2D eigenvalue weighted by Gasteiger charge is 2.36. The molecule has 0 radical (unpaired) electrons. The number of hydrogen-bond donors (Lipinski definition) is 0. The second-order valence-electron chi connectivity index (χ2n) is 4.80. The van der Waals surface area contributed by atoms with E-state index in [2.05, 4.69) is 0 Å². The van der Waals surface area contributed by atoms with Crippen molar-refractivity contribution in [2.24, 2.45) is 5.92 Å². The predicted octanol–water partition coefficient (Wildman–Crippen LogP) is 1.64. The number of nitrogens with zero attached hydrogens (tertiary/aromatic N) is 1. The Bertz CT molecular complexity index is 473. The van der Waals surface area contributed by atoms with Gasteiger partial charge in [0.15, 0.2) is 0 Å². The van der Waals surface area contributed by atoms with Crippen LogP contribution in [0.3, 0.4) is 0 Å². The van der Waals surface area contributed by atoms with Crippen molar-refractivity contribution in [3.63, 3.8) is 0 Å². The van der Waals surface area contributed by atoms with Gasteiger partial charge in [-0.2, -0.15) is 0 Å². The molecule has 5 nitrogen and oxygen atoms in total. The van der Waals surface area contributed by atoms with Gasteiger partial charge in [0.05, 0.1) is 17.7 Å². The lowest BCUT2D eigenvalue weighted by Gasteiger charge is -2.23. The van der Waals surface area contributed by atoms with E-state index >= 15 is 0 Å². The predicted molar refractivity (Wildman–Crippen MR) is 66.4 cm³/mol. The standard InChI is InChI=1S/C14H15NO4/c16-13-11-3-1-2-4-12(11)14(17)15(13)19-9-10-5-7-18-8-6-10/h1-4,10H,5-9H2.